The lowest BCUT2D eigenvalue weighted by Crippen LogP contribution is -2.32. The summed E-state index contributed by atoms with van der Waals surface area (Å²) in [4.78, 5) is 12.2. The van der Waals surface area contributed by atoms with Gasteiger partial charge < -0.3 is 10.1 Å². The molecule has 3 heteroatoms. The fourth-order valence-corrected chi connectivity index (χ4v) is 2.81. The van der Waals surface area contributed by atoms with Gasteiger partial charge in [-0.25, -0.2) is 4.79 Å². The Morgan fingerprint density at radius 3 is 2.20 bits per heavy atom. The number of hydrogen-bond donors (Lipinski definition) is 1. The molecule has 3 nitrogen and oxygen atoms in total. The summed E-state index contributed by atoms with van der Waals surface area (Å²) in [5, 5.41) is 3.31. The van der Waals surface area contributed by atoms with Gasteiger partial charge in [-0.15, -0.1) is 0 Å². The van der Waals surface area contributed by atoms with E-state index >= 15 is 0 Å². The van der Waals surface area contributed by atoms with E-state index in [-0.39, 0.29) is 5.97 Å². The largest absolute Gasteiger partial charge is 0.467 e. The summed E-state index contributed by atoms with van der Waals surface area (Å²) in [6, 6.07) is 27.7. The van der Waals surface area contributed by atoms with Gasteiger partial charge >= 0.3 is 5.97 Å². The molecule has 126 valence electrons. The van der Waals surface area contributed by atoms with Crippen LogP contribution in [0.15, 0.2) is 84.9 Å². The van der Waals surface area contributed by atoms with Crippen LogP contribution in [0.25, 0.3) is 11.1 Å². The number of methoxy groups -OCH3 is 1. The van der Waals surface area contributed by atoms with Crippen LogP contribution in [0.5, 0.6) is 0 Å². The van der Waals surface area contributed by atoms with Crippen molar-refractivity contribution in [3.8, 4) is 11.1 Å². The van der Waals surface area contributed by atoms with E-state index in [2.05, 4.69) is 29.6 Å². The molecule has 0 heterocycles. The Hall–Kier alpha value is -3.07. The van der Waals surface area contributed by atoms with Crippen molar-refractivity contribution in [3.63, 3.8) is 0 Å². The lowest BCUT2D eigenvalue weighted by Gasteiger charge is -2.18. The summed E-state index contributed by atoms with van der Waals surface area (Å²) < 4.78 is 4.97. The third kappa shape index (κ3) is 4.48. The smallest absolute Gasteiger partial charge is 0.328 e. The second-order valence-electron chi connectivity index (χ2n) is 5.86. The zero-order valence-electron chi connectivity index (χ0n) is 14.2. The zero-order valence-corrected chi connectivity index (χ0v) is 14.2. The maximum atomic E-state index is 12.2. The van der Waals surface area contributed by atoms with Crippen LogP contribution >= 0.6 is 0 Å². The Morgan fingerprint density at radius 2 is 1.52 bits per heavy atom. The minimum absolute atomic E-state index is 0.269. The average Bonchev–Trinajstić information content (AvgIpc) is 2.68. The van der Waals surface area contributed by atoms with Gasteiger partial charge in [0.25, 0.3) is 0 Å². The van der Waals surface area contributed by atoms with Crippen molar-refractivity contribution in [3.05, 3.63) is 90.5 Å². The SMILES string of the molecule is COC(=O)C(Cc1ccccc1)Nc1cccc(-c2ccccc2)c1. The van der Waals surface area contributed by atoms with Crippen LogP contribution in [0.1, 0.15) is 5.56 Å². The third-order valence-electron chi connectivity index (χ3n) is 4.08. The predicted molar refractivity (Wildman–Crippen MR) is 101 cm³/mol. The number of rotatable bonds is 6. The van der Waals surface area contributed by atoms with Gasteiger partial charge in [0.15, 0.2) is 0 Å². The molecule has 0 fully saturated rings. The first-order valence-electron chi connectivity index (χ1n) is 8.30. The van der Waals surface area contributed by atoms with Gasteiger partial charge in [-0.3, -0.25) is 0 Å². The van der Waals surface area contributed by atoms with E-state index in [1.807, 2.05) is 60.7 Å². The average molecular weight is 331 g/mol. The van der Waals surface area contributed by atoms with Crippen LogP contribution < -0.4 is 5.32 Å². The first kappa shape index (κ1) is 16.8. The number of ether oxygens (including phenoxy) is 1. The minimum atomic E-state index is -0.432. The molecule has 3 aromatic carbocycles. The minimum Gasteiger partial charge on any atom is -0.467 e. The molecular weight excluding hydrogens is 310 g/mol. The molecule has 0 saturated carbocycles. The molecule has 3 rings (SSSR count). The molecule has 0 bridgehead atoms. The second-order valence-corrected chi connectivity index (χ2v) is 5.86. The highest BCUT2D eigenvalue weighted by atomic mass is 16.5. The third-order valence-corrected chi connectivity index (χ3v) is 4.08. The van der Waals surface area contributed by atoms with E-state index in [1.165, 1.54) is 7.11 Å². The van der Waals surface area contributed by atoms with Crippen LogP contribution in [-0.4, -0.2) is 19.1 Å². The fourth-order valence-electron chi connectivity index (χ4n) is 2.81. The van der Waals surface area contributed by atoms with Crippen LogP contribution in [0, 0.1) is 0 Å². The standard InChI is InChI=1S/C22H21NO2/c1-25-22(24)21(15-17-9-4-2-5-10-17)23-20-14-8-13-19(16-20)18-11-6-3-7-12-18/h2-14,16,21,23H,15H2,1H3. The van der Waals surface area contributed by atoms with E-state index in [1.54, 1.807) is 0 Å². The molecule has 0 amide bonds. The van der Waals surface area contributed by atoms with Crippen LogP contribution in [0.4, 0.5) is 5.69 Å². The van der Waals surface area contributed by atoms with Crippen molar-refractivity contribution < 1.29 is 9.53 Å². The lowest BCUT2D eigenvalue weighted by molar-refractivity contribution is -0.141. The topological polar surface area (TPSA) is 38.3 Å². The van der Waals surface area contributed by atoms with Gasteiger partial charge in [-0.1, -0.05) is 72.8 Å². The van der Waals surface area contributed by atoms with Gasteiger partial charge in [0, 0.05) is 12.1 Å². The fraction of sp³-hybridized carbons (Fsp3) is 0.136. The van der Waals surface area contributed by atoms with Gasteiger partial charge in [0.05, 0.1) is 7.11 Å². The highest BCUT2D eigenvalue weighted by Crippen LogP contribution is 2.23. The maximum absolute atomic E-state index is 12.2. The number of esters is 1. The first-order valence-corrected chi connectivity index (χ1v) is 8.30. The highest BCUT2D eigenvalue weighted by Gasteiger charge is 2.19. The Morgan fingerprint density at radius 1 is 0.880 bits per heavy atom. The van der Waals surface area contributed by atoms with Crippen LogP contribution in [0.3, 0.4) is 0 Å². The van der Waals surface area contributed by atoms with Gasteiger partial charge in [-0.2, -0.15) is 0 Å². The van der Waals surface area contributed by atoms with Crippen molar-refractivity contribution in [1.29, 1.82) is 0 Å². The maximum Gasteiger partial charge on any atom is 0.328 e. The lowest BCUT2D eigenvalue weighted by atomic mass is 10.0. The molecule has 0 saturated heterocycles. The Balaban J connectivity index is 1.81. The molecule has 0 aliphatic heterocycles. The molecule has 25 heavy (non-hydrogen) atoms. The number of nitrogens with one attached hydrogen (secondary N) is 1. The summed E-state index contributed by atoms with van der Waals surface area (Å²) in [6.07, 6.45) is 0.572. The number of hydrogen-bond acceptors (Lipinski definition) is 3. The van der Waals surface area contributed by atoms with E-state index < -0.39 is 6.04 Å². The molecule has 1 atom stereocenters. The Labute approximate surface area is 148 Å². The Bertz CT molecular complexity index is 816. The van der Waals surface area contributed by atoms with E-state index in [9.17, 15) is 4.79 Å². The molecule has 1 unspecified atom stereocenters. The van der Waals surface area contributed by atoms with Crippen LogP contribution in [-0.2, 0) is 16.0 Å². The van der Waals surface area contributed by atoms with Gasteiger partial charge in [0.1, 0.15) is 6.04 Å². The van der Waals surface area contributed by atoms with Crippen molar-refractivity contribution >= 4 is 11.7 Å². The molecule has 0 aromatic heterocycles. The quantitative estimate of drug-likeness (QED) is 0.674. The molecular formula is C22H21NO2. The number of carbonyl (C=O) groups is 1. The molecule has 0 radical (unpaired) electrons. The first-order chi connectivity index (χ1) is 12.3. The summed E-state index contributed by atoms with van der Waals surface area (Å²) in [6.45, 7) is 0. The molecule has 0 spiro atoms. The van der Waals surface area contributed by atoms with E-state index in [4.69, 9.17) is 4.74 Å². The normalized spacial score (nSPS) is 11.6. The highest BCUT2D eigenvalue weighted by molar-refractivity contribution is 5.80. The van der Waals surface area contributed by atoms with Crippen molar-refractivity contribution in [2.75, 3.05) is 12.4 Å². The summed E-state index contributed by atoms with van der Waals surface area (Å²) in [5.74, 6) is -0.269. The van der Waals surface area contributed by atoms with Crippen molar-refractivity contribution in [2.45, 2.75) is 12.5 Å². The van der Waals surface area contributed by atoms with Crippen molar-refractivity contribution in [1.82, 2.24) is 0 Å². The predicted octanol–water partition coefficient (Wildman–Crippen LogP) is 4.55. The summed E-state index contributed by atoms with van der Waals surface area (Å²) in [5.41, 5.74) is 4.23. The molecule has 0 aliphatic rings. The van der Waals surface area contributed by atoms with Gasteiger partial charge in [-0.05, 0) is 28.8 Å². The summed E-state index contributed by atoms with van der Waals surface area (Å²) in [7, 11) is 1.42. The number of benzene rings is 3. The number of carbonyl (C=O) groups excluding carboxylic acids is 1. The molecule has 3 aromatic rings. The van der Waals surface area contributed by atoms with Crippen LogP contribution in [0.2, 0.25) is 0 Å². The van der Waals surface area contributed by atoms with E-state index in [0.717, 1.165) is 22.4 Å². The van der Waals surface area contributed by atoms with Gasteiger partial charge in [0.2, 0.25) is 0 Å². The molecule has 0 aliphatic carbocycles. The van der Waals surface area contributed by atoms with Crippen molar-refractivity contribution in [2.24, 2.45) is 0 Å². The van der Waals surface area contributed by atoms with E-state index in [0.29, 0.717) is 6.42 Å². The monoisotopic (exact) mass is 331 g/mol. The second kappa shape index (κ2) is 8.15. The molecule has 1 N–H and O–H groups in total. The Kier molecular flexibility index (Phi) is 5.47. The number of anilines is 1. The summed E-state index contributed by atoms with van der Waals surface area (Å²) >= 11 is 0. The zero-order chi connectivity index (χ0) is 17.5.